The molecule has 0 spiro atoms. The number of ketones is 1. The lowest BCUT2D eigenvalue weighted by Crippen LogP contribution is -2.42. The van der Waals surface area contributed by atoms with Gasteiger partial charge in [0.2, 0.25) is 0 Å². The van der Waals surface area contributed by atoms with Gasteiger partial charge in [-0.05, 0) is 69.9 Å². The molecule has 1 amide bonds. The van der Waals surface area contributed by atoms with Crippen molar-refractivity contribution in [3.63, 3.8) is 0 Å². The third kappa shape index (κ3) is 7.72. The number of carbonyl (C=O) groups is 2. The van der Waals surface area contributed by atoms with Gasteiger partial charge in [0.05, 0.1) is 31.6 Å². The quantitative estimate of drug-likeness (QED) is 0.174. The van der Waals surface area contributed by atoms with E-state index in [-0.39, 0.29) is 47.9 Å². The molecule has 1 fully saturated rings. The lowest BCUT2D eigenvalue weighted by atomic mass is 9.88. The minimum absolute atomic E-state index is 0.0140. The SMILES string of the molecule is COc1cc(C(=O)CCC(C)(O)c2cc(C(C)(C)NC(=O)OCc3ccccc3)c(OC)c(Cl)n2)ccc1OC1CC1. The van der Waals surface area contributed by atoms with Gasteiger partial charge in [-0.2, -0.15) is 0 Å². The first kappa shape index (κ1) is 31.1. The second-order valence-electron chi connectivity index (χ2n) is 11.1. The summed E-state index contributed by atoms with van der Waals surface area (Å²) in [4.78, 5) is 30.1. The number of carbonyl (C=O) groups excluding carboxylic acids is 2. The number of rotatable bonds is 13. The third-order valence-electron chi connectivity index (χ3n) is 7.13. The normalized spacial score (nSPS) is 14.5. The molecule has 1 aliphatic rings. The molecule has 0 aliphatic heterocycles. The fourth-order valence-electron chi connectivity index (χ4n) is 4.45. The number of nitrogens with zero attached hydrogens (tertiary/aromatic N) is 1. The lowest BCUT2D eigenvalue weighted by molar-refractivity contribution is 0.0394. The van der Waals surface area contributed by atoms with Crippen LogP contribution >= 0.6 is 11.6 Å². The second kappa shape index (κ2) is 13.0. The topological polar surface area (TPSA) is 116 Å². The fraction of sp³-hybridized carbons (Fsp3) is 0.406. The minimum Gasteiger partial charge on any atom is -0.493 e. The van der Waals surface area contributed by atoms with Gasteiger partial charge in [-0.25, -0.2) is 9.78 Å². The lowest BCUT2D eigenvalue weighted by Gasteiger charge is -2.31. The average molecular weight is 597 g/mol. The summed E-state index contributed by atoms with van der Waals surface area (Å²) in [6.45, 7) is 5.19. The number of ether oxygens (including phenoxy) is 4. The smallest absolute Gasteiger partial charge is 0.408 e. The Hall–Kier alpha value is -3.82. The van der Waals surface area contributed by atoms with Gasteiger partial charge in [-0.15, -0.1) is 0 Å². The largest absolute Gasteiger partial charge is 0.493 e. The Balaban J connectivity index is 1.48. The monoisotopic (exact) mass is 596 g/mol. The Bertz CT molecular complexity index is 1420. The number of aliphatic hydroxyl groups is 1. The predicted octanol–water partition coefficient (Wildman–Crippen LogP) is 6.33. The highest BCUT2D eigenvalue weighted by atomic mass is 35.5. The van der Waals surface area contributed by atoms with Crippen molar-refractivity contribution in [2.24, 2.45) is 0 Å². The number of pyridine rings is 1. The summed E-state index contributed by atoms with van der Waals surface area (Å²) in [6.07, 6.45) is 1.68. The zero-order valence-electron chi connectivity index (χ0n) is 24.5. The standard InChI is InChI=1S/C32H37ClN2O7/c1-31(2,35-30(37)41-19-20-9-7-6-8-10-20)23-18-27(34-29(33)28(23)40-5)32(3,38)16-15-24(36)21-11-14-25(26(17-21)39-4)42-22-12-13-22/h6-11,14,17-18,22,38H,12-13,15-16,19H2,1-5H3,(H,35,37). The van der Waals surface area contributed by atoms with Crippen molar-refractivity contribution in [1.29, 1.82) is 0 Å². The summed E-state index contributed by atoms with van der Waals surface area (Å²) in [5.41, 5.74) is -0.527. The first-order chi connectivity index (χ1) is 19.9. The number of hydrogen-bond acceptors (Lipinski definition) is 8. The van der Waals surface area contributed by atoms with E-state index >= 15 is 0 Å². The van der Waals surface area contributed by atoms with Crippen LogP contribution in [-0.2, 0) is 22.5 Å². The Kier molecular flexibility index (Phi) is 9.64. The molecule has 1 aromatic heterocycles. The minimum atomic E-state index is -1.52. The van der Waals surface area contributed by atoms with Crippen molar-refractivity contribution < 1.29 is 33.6 Å². The van der Waals surface area contributed by atoms with Crippen LogP contribution in [0.3, 0.4) is 0 Å². The summed E-state index contributed by atoms with van der Waals surface area (Å²) >= 11 is 6.49. The molecule has 10 heteroatoms. The number of Topliss-reactive ketones (excluding diaryl/α,β-unsaturated/α-hetero) is 1. The Labute approximate surface area is 251 Å². The van der Waals surface area contributed by atoms with Gasteiger partial charge >= 0.3 is 6.09 Å². The van der Waals surface area contributed by atoms with Crippen LogP contribution < -0.4 is 19.5 Å². The van der Waals surface area contributed by atoms with Crippen LogP contribution in [0.5, 0.6) is 17.2 Å². The molecular weight excluding hydrogens is 560 g/mol. The van der Waals surface area contributed by atoms with E-state index in [1.54, 1.807) is 45.0 Å². The van der Waals surface area contributed by atoms with Gasteiger partial charge in [-0.1, -0.05) is 41.9 Å². The molecule has 1 unspecified atom stereocenters. The number of halogens is 1. The molecule has 4 rings (SSSR count). The molecule has 1 saturated carbocycles. The third-order valence-corrected chi connectivity index (χ3v) is 7.39. The van der Waals surface area contributed by atoms with Crippen LogP contribution in [0.15, 0.2) is 54.6 Å². The Morgan fingerprint density at radius 3 is 2.38 bits per heavy atom. The summed E-state index contributed by atoms with van der Waals surface area (Å²) in [7, 11) is 2.98. The molecule has 2 aromatic carbocycles. The molecule has 1 heterocycles. The van der Waals surface area contributed by atoms with Crippen LogP contribution in [0.4, 0.5) is 4.79 Å². The van der Waals surface area contributed by atoms with E-state index in [0.29, 0.717) is 22.6 Å². The molecule has 1 aliphatic carbocycles. The summed E-state index contributed by atoms with van der Waals surface area (Å²) in [5, 5.41) is 14.3. The van der Waals surface area contributed by atoms with Crippen molar-refractivity contribution in [3.05, 3.63) is 82.1 Å². The van der Waals surface area contributed by atoms with E-state index in [0.717, 1.165) is 18.4 Å². The molecule has 0 saturated heterocycles. The van der Waals surface area contributed by atoms with E-state index in [1.807, 2.05) is 30.3 Å². The maximum Gasteiger partial charge on any atom is 0.408 e. The molecule has 224 valence electrons. The molecule has 42 heavy (non-hydrogen) atoms. The van der Waals surface area contributed by atoms with Crippen LogP contribution in [-0.4, -0.2) is 42.3 Å². The number of hydrogen-bond donors (Lipinski definition) is 2. The highest BCUT2D eigenvalue weighted by Crippen LogP contribution is 2.39. The second-order valence-corrected chi connectivity index (χ2v) is 11.4. The summed E-state index contributed by atoms with van der Waals surface area (Å²) in [6, 6.07) is 16.0. The highest BCUT2D eigenvalue weighted by Gasteiger charge is 2.34. The Morgan fingerprint density at radius 1 is 1.02 bits per heavy atom. The first-order valence-electron chi connectivity index (χ1n) is 13.8. The van der Waals surface area contributed by atoms with Gasteiger partial charge in [0.1, 0.15) is 12.2 Å². The van der Waals surface area contributed by atoms with Crippen LogP contribution in [0.25, 0.3) is 0 Å². The zero-order chi connectivity index (χ0) is 30.5. The maximum absolute atomic E-state index is 13.1. The number of nitrogens with one attached hydrogen (secondary N) is 1. The molecule has 3 aromatic rings. The number of benzene rings is 2. The molecular formula is C32H37ClN2O7. The van der Waals surface area contributed by atoms with Crippen molar-refractivity contribution in [3.8, 4) is 17.2 Å². The molecule has 0 radical (unpaired) electrons. The molecule has 1 atom stereocenters. The van der Waals surface area contributed by atoms with E-state index in [2.05, 4.69) is 10.3 Å². The Morgan fingerprint density at radius 2 is 1.74 bits per heavy atom. The van der Waals surface area contributed by atoms with Crippen molar-refractivity contribution >= 4 is 23.5 Å². The van der Waals surface area contributed by atoms with Crippen LogP contribution in [0.1, 0.15) is 73.6 Å². The van der Waals surface area contributed by atoms with Crippen LogP contribution in [0.2, 0.25) is 5.15 Å². The van der Waals surface area contributed by atoms with Gasteiger partial charge in [0, 0.05) is 17.5 Å². The van der Waals surface area contributed by atoms with Crippen molar-refractivity contribution in [1.82, 2.24) is 10.3 Å². The van der Waals surface area contributed by atoms with E-state index < -0.39 is 17.2 Å². The highest BCUT2D eigenvalue weighted by molar-refractivity contribution is 6.31. The van der Waals surface area contributed by atoms with Crippen molar-refractivity contribution in [2.45, 2.75) is 70.3 Å². The molecule has 9 nitrogen and oxygen atoms in total. The summed E-state index contributed by atoms with van der Waals surface area (Å²) in [5.74, 6) is 1.17. The van der Waals surface area contributed by atoms with Gasteiger partial charge in [0.25, 0.3) is 0 Å². The molecule has 0 bridgehead atoms. The van der Waals surface area contributed by atoms with Gasteiger partial charge in [0.15, 0.2) is 28.2 Å². The van der Waals surface area contributed by atoms with E-state index in [9.17, 15) is 14.7 Å². The number of aromatic nitrogens is 1. The van der Waals surface area contributed by atoms with Gasteiger partial charge < -0.3 is 29.4 Å². The number of amides is 1. The zero-order valence-corrected chi connectivity index (χ0v) is 25.3. The maximum atomic E-state index is 13.1. The average Bonchev–Trinajstić information content (AvgIpc) is 3.79. The van der Waals surface area contributed by atoms with E-state index in [1.165, 1.54) is 14.2 Å². The summed E-state index contributed by atoms with van der Waals surface area (Å²) < 4.78 is 22.2. The van der Waals surface area contributed by atoms with E-state index in [4.69, 9.17) is 30.5 Å². The molecule has 2 N–H and O–H groups in total. The van der Waals surface area contributed by atoms with Gasteiger partial charge in [-0.3, -0.25) is 4.79 Å². The fourth-order valence-corrected chi connectivity index (χ4v) is 4.72. The van der Waals surface area contributed by atoms with Crippen LogP contribution in [0, 0.1) is 0 Å². The first-order valence-corrected chi connectivity index (χ1v) is 14.2. The number of alkyl carbamates (subject to hydrolysis) is 1. The predicted molar refractivity (Wildman–Crippen MR) is 158 cm³/mol. The number of methoxy groups -OCH3 is 2. The van der Waals surface area contributed by atoms with Crippen molar-refractivity contribution in [2.75, 3.05) is 14.2 Å².